The van der Waals surface area contributed by atoms with Crippen molar-refractivity contribution in [1.82, 2.24) is 10.2 Å². The van der Waals surface area contributed by atoms with Crippen molar-refractivity contribution in [3.8, 4) is 0 Å². The van der Waals surface area contributed by atoms with Crippen molar-refractivity contribution in [2.45, 2.75) is 70.4 Å². The molecule has 0 spiro atoms. The quantitative estimate of drug-likeness (QED) is 0.641. The minimum absolute atomic E-state index is 0.886. The fourth-order valence-corrected chi connectivity index (χ4v) is 3.28. The molecule has 3 aliphatic rings. The number of rotatable bonds is 10. The third kappa shape index (κ3) is 3.71. The van der Waals surface area contributed by atoms with E-state index in [1.165, 1.54) is 71.0 Å². The van der Waals surface area contributed by atoms with Crippen LogP contribution in [0.2, 0.25) is 0 Å². The smallest absolute Gasteiger partial charge is 0.0124 e. The zero-order valence-corrected chi connectivity index (χ0v) is 12.0. The highest BCUT2D eigenvalue weighted by molar-refractivity contribution is 4.96. The number of nitrogens with zero attached hydrogens (tertiary/aromatic N) is 1. The van der Waals surface area contributed by atoms with Gasteiger partial charge in [-0.15, -0.1) is 0 Å². The number of hydrogen-bond acceptors (Lipinski definition) is 2. The van der Waals surface area contributed by atoms with E-state index in [1.54, 1.807) is 0 Å². The van der Waals surface area contributed by atoms with Crippen LogP contribution < -0.4 is 5.32 Å². The summed E-state index contributed by atoms with van der Waals surface area (Å²) in [7, 11) is 0. The molecule has 3 rings (SSSR count). The lowest BCUT2D eigenvalue weighted by Gasteiger charge is -2.24. The van der Waals surface area contributed by atoms with Crippen molar-refractivity contribution in [2.75, 3.05) is 19.6 Å². The number of nitrogens with one attached hydrogen (secondary N) is 1. The molecule has 0 aromatic carbocycles. The largest absolute Gasteiger partial charge is 0.312 e. The maximum absolute atomic E-state index is 3.89. The third-order valence-electron chi connectivity index (χ3n) is 4.90. The van der Waals surface area contributed by atoms with Gasteiger partial charge < -0.3 is 5.32 Å². The van der Waals surface area contributed by atoms with Crippen LogP contribution in [0.3, 0.4) is 0 Å². The van der Waals surface area contributed by atoms with Gasteiger partial charge in [-0.05, 0) is 63.3 Å². The minimum Gasteiger partial charge on any atom is -0.312 e. The highest BCUT2D eigenvalue weighted by Crippen LogP contribution is 2.44. The Bertz CT molecular complexity index is 242. The van der Waals surface area contributed by atoms with Crippen LogP contribution in [0, 0.1) is 11.8 Å². The van der Waals surface area contributed by atoms with E-state index in [2.05, 4.69) is 17.1 Å². The molecule has 0 aliphatic heterocycles. The van der Waals surface area contributed by atoms with E-state index in [4.69, 9.17) is 0 Å². The summed E-state index contributed by atoms with van der Waals surface area (Å²) >= 11 is 0. The second-order valence-electron chi connectivity index (χ2n) is 6.78. The van der Waals surface area contributed by atoms with Gasteiger partial charge in [0, 0.05) is 25.2 Å². The first-order valence-corrected chi connectivity index (χ1v) is 8.36. The predicted molar refractivity (Wildman–Crippen MR) is 76.7 cm³/mol. The van der Waals surface area contributed by atoms with E-state index >= 15 is 0 Å². The number of unbranched alkanes of at least 4 members (excludes halogenated alkanes) is 1. The van der Waals surface area contributed by atoms with Crippen molar-refractivity contribution in [2.24, 2.45) is 11.8 Å². The molecule has 18 heavy (non-hydrogen) atoms. The molecule has 2 heteroatoms. The van der Waals surface area contributed by atoms with Crippen LogP contribution in [0.5, 0.6) is 0 Å². The van der Waals surface area contributed by atoms with Gasteiger partial charge in [0.15, 0.2) is 0 Å². The lowest BCUT2D eigenvalue weighted by molar-refractivity contribution is 0.250. The molecule has 0 unspecified atom stereocenters. The molecule has 3 fully saturated rings. The molecule has 0 atom stereocenters. The fraction of sp³-hybridized carbons (Fsp3) is 1.00. The zero-order chi connectivity index (χ0) is 12.4. The van der Waals surface area contributed by atoms with Gasteiger partial charge in [0.25, 0.3) is 0 Å². The van der Waals surface area contributed by atoms with Gasteiger partial charge in [-0.1, -0.05) is 13.3 Å². The fourth-order valence-electron chi connectivity index (χ4n) is 3.28. The Balaban J connectivity index is 1.36. The summed E-state index contributed by atoms with van der Waals surface area (Å²) < 4.78 is 0. The molecule has 0 saturated heterocycles. The maximum Gasteiger partial charge on any atom is 0.0124 e. The molecule has 104 valence electrons. The molecule has 0 aromatic heterocycles. The molecular weight excluding hydrogens is 220 g/mol. The summed E-state index contributed by atoms with van der Waals surface area (Å²) in [5.74, 6) is 2.09. The molecule has 3 aliphatic carbocycles. The monoisotopic (exact) mass is 250 g/mol. The van der Waals surface area contributed by atoms with E-state index in [0.29, 0.717) is 0 Å². The minimum atomic E-state index is 0.886. The van der Waals surface area contributed by atoms with E-state index in [9.17, 15) is 0 Å². The van der Waals surface area contributed by atoms with Gasteiger partial charge in [0.05, 0.1) is 0 Å². The van der Waals surface area contributed by atoms with Crippen LogP contribution in [-0.4, -0.2) is 36.6 Å². The van der Waals surface area contributed by atoms with Gasteiger partial charge in [-0.2, -0.15) is 0 Å². The van der Waals surface area contributed by atoms with Crippen molar-refractivity contribution in [3.05, 3.63) is 0 Å². The average Bonchev–Trinajstić information content (AvgIpc) is 3.24. The Morgan fingerprint density at radius 3 is 2.17 bits per heavy atom. The molecule has 0 amide bonds. The van der Waals surface area contributed by atoms with Crippen LogP contribution in [0.1, 0.15) is 58.3 Å². The lowest BCUT2D eigenvalue weighted by atomic mass is 10.1. The third-order valence-corrected chi connectivity index (χ3v) is 4.90. The Morgan fingerprint density at radius 1 is 1.00 bits per heavy atom. The second-order valence-corrected chi connectivity index (χ2v) is 6.78. The highest BCUT2D eigenvalue weighted by Gasteiger charge is 2.41. The molecule has 1 N–H and O–H groups in total. The molecule has 0 heterocycles. The number of hydrogen-bond donors (Lipinski definition) is 1. The van der Waals surface area contributed by atoms with Gasteiger partial charge in [0.2, 0.25) is 0 Å². The van der Waals surface area contributed by atoms with Gasteiger partial charge in [-0.3, -0.25) is 4.90 Å². The van der Waals surface area contributed by atoms with Crippen molar-refractivity contribution < 1.29 is 0 Å². The van der Waals surface area contributed by atoms with Gasteiger partial charge >= 0.3 is 0 Å². The Kier molecular flexibility index (Phi) is 4.25. The van der Waals surface area contributed by atoms with Crippen molar-refractivity contribution in [3.63, 3.8) is 0 Å². The summed E-state index contributed by atoms with van der Waals surface area (Å²) in [5.41, 5.74) is 0. The standard InChI is InChI=1S/C16H30N2/c1-2-3-11-18(15-8-9-15)12-10-17-16(13-4-5-13)14-6-7-14/h13-17H,2-12H2,1H3. The van der Waals surface area contributed by atoms with Crippen LogP contribution >= 0.6 is 0 Å². The van der Waals surface area contributed by atoms with E-state index in [1.807, 2.05) is 0 Å². The molecule has 0 radical (unpaired) electrons. The summed E-state index contributed by atoms with van der Waals surface area (Å²) in [6.45, 7) is 6.17. The van der Waals surface area contributed by atoms with E-state index in [-0.39, 0.29) is 0 Å². The van der Waals surface area contributed by atoms with Crippen LogP contribution in [-0.2, 0) is 0 Å². The normalized spacial score (nSPS) is 24.2. The SMILES string of the molecule is CCCCN(CCNC(C1CC1)C1CC1)C1CC1. The second kappa shape index (κ2) is 5.92. The molecule has 0 bridgehead atoms. The first-order chi connectivity index (χ1) is 8.88. The van der Waals surface area contributed by atoms with Gasteiger partial charge in [-0.25, -0.2) is 0 Å². The predicted octanol–water partition coefficient (Wildman–Crippen LogP) is 3.03. The molecule has 2 nitrogen and oxygen atoms in total. The maximum atomic E-state index is 3.89. The summed E-state index contributed by atoms with van der Waals surface area (Å²) in [6.07, 6.45) is 11.6. The lowest BCUT2D eigenvalue weighted by Crippen LogP contribution is -2.40. The van der Waals surface area contributed by atoms with Crippen LogP contribution in [0.25, 0.3) is 0 Å². The Hall–Kier alpha value is -0.0800. The van der Waals surface area contributed by atoms with Crippen LogP contribution in [0.15, 0.2) is 0 Å². The average molecular weight is 250 g/mol. The van der Waals surface area contributed by atoms with Gasteiger partial charge in [0.1, 0.15) is 0 Å². The topological polar surface area (TPSA) is 15.3 Å². The summed E-state index contributed by atoms with van der Waals surface area (Å²) in [5, 5.41) is 3.89. The molecule has 3 saturated carbocycles. The summed E-state index contributed by atoms with van der Waals surface area (Å²) in [4.78, 5) is 2.74. The first-order valence-electron chi connectivity index (χ1n) is 8.36. The highest BCUT2D eigenvalue weighted by atomic mass is 15.2. The van der Waals surface area contributed by atoms with Crippen molar-refractivity contribution in [1.29, 1.82) is 0 Å². The van der Waals surface area contributed by atoms with E-state index in [0.717, 1.165) is 23.9 Å². The molecular formula is C16H30N2. The van der Waals surface area contributed by atoms with E-state index < -0.39 is 0 Å². The zero-order valence-electron chi connectivity index (χ0n) is 12.0. The molecule has 0 aromatic rings. The Labute approximate surface area is 113 Å². The first kappa shape index (κ1) is 12.9. The Morgan fingerprint density at radius 2 is 1.67 bits per heavy atom. The van der Waals surface area contributed by atoms with Crippen molar-refractivity contribution >= 4 is 0 Å². The summed E-state index contributed by atoms with van der Waals surface area (Å²) in [6, 6.07) is 1.83. The van der Waals surface area contributed by atoms with Crippen LogP contribution in [0.4, 0.5) is 0 Å².